The van der Waals surface area contributed by atoms with E-state index in [1.807, 2.05) is 6.92 Å². The van der Waals surface area contributed by atoms with E-state index in [0.29, 0.717) is 0 Å². The fourth-order valence-electron chi connectivity index (χ4n) is 1.05. The first-order valence-corrected chi connectivity index (χ1v) is 4.78. The molecular formula is C12H12F3OY-. The zero-order valence-electron chi connectivity index (χ0n) is 9.37. The van der Waals surface area contributed by atoms with Gasteiger partial charge in [0.15, 0.2) is 0 Å². The van der Waals surface area contributed by atoms with Gasteiger partial charge in [-0.3, -0.25) is 6.08 Å². The van der Waals surface area contributed by atoms with Crippen molar-refractivity contribution in [2.45, 2.75) is 13.1 Å². The van der Waals surface area contributed by atoms with Crippen LogP contribution in [0.3, 0.4) is 0 Å². The average molecular weight is 318 g/mol. The third-order valence-electron chi connectivity index (χ3n) is 2.00. The summed E-state index contributed by atoms with van der Waals surface area (Å²) in [7, 11) is 0. The molecule has 0 fully saturated rings. The summed E-state index contributed by atoms with van der Waals surface area (Å²) in [6.45, 7) is 7.33. The normalized spacial score (nSPS) is 12.5. The van der Waals surface area contributed by atoms with Gasteiger partial charge in [-0.25, -0.2) is 0 Å². The second-order valence-electron chi connectivity index (χ2n) is 3.51. The molecule has 5 heteroatoms. The SMILES string of the molecule is [CH-]=C[C@@H](C)COc1cccc(C(F)(F)F)c1.[Y]. The van der Waals surface area contributed by atoms with E-state index in [-0.39, 0.29) is 51.0 Å². The molecule has 1 aromatic rings. The Morgan fingerprint density at radius 3 is 2.59 bits per heavy atom. The number of benzene rings is 1. The van der Waals surface area contributed by atoms with Crippen LogP contribution < -0.4 is 4.74 Å². The van der Waals surface area contributed by atoms with Crippen LogP contribution >= 0.6 is 0 Å². The Labute approximate surface area is 124 Å². The Balaban J connectivity index is 0.00000256. The first kappa shape index (κ1) is 16.7. The number of ether oxygens (including phenoxy) is 1. The number of rotatable bonds is 4. The van der Waals surface area contributed by atoms with Crippen LogP contribution in [0.1, 0.15) is 12.5 Å². The molecule has 1 nitrogen and oxygen atoms in total. The van der Waals surface area contributed by atoms with Gasteiger partial charge >= 0.3 is 6.18 Å². The first-order valence-electron chi connectivity index (χ1n) is 4.78. The van der Waals surface area contributed by atoms with E-state index in [4.69, 9.17) is 11.3 Å². The zero-order chi connectivity index (χ0) is 12.2. The maximum absolute atomic E-state index is 12.4. The smallest absolute Gasteiger partial charge is 0.416 e. The van der Waals surface area contributed by atoms with Crippen LogP contribution in [0.4, 0.5) is 13.2 Å². The summed E-state index contributed by atoms with van der Waals surface area (Å²) in [6.07, 6.45) is -2.90. The molecule has 1 rings (SSSR count). The number of alkyl halides is 3. The molecule has 0 bridgehead atoms. The van der Waals surface area contributed by atoms with Gasteiger partial charge in [0.1, 0.15) is 5.75 Å². The summed E-state index contributed by atoms with van der Waals surface area (Å²) in [4.78, 5) is 0. The number of hydrogen-bond donors (Lipinski definition) is 0. The van der Waals surface area contributed by atoms with Gasteiger partial charge in [0.25, 0.3) is 0 Å². The van der Waals surface area contributed by atoms with Gasteiger partial charge in [-0.15, -0.1) is 0 Å². The fraction of sp³-hybridized carbons (Fsp3) is 0.333. The van der Waals surface area contributed by atoms with Crippen LogP contribution in [0.25, 0.3) is 0 Å². The summed E-state index contributed by atoms with van der Waals surface area (Å²) in [6, 6.07) is 4.78. The van der Waals surface area contributed by atoms with E-state index < -0.39 is 11.7 Å². The van der Waals surface area contributed by atoms with Gasteiger partial charge in [-0.1, -0.05) is 13.0 Å². The molecule has 1 aromatic carbocycles. The fourth-order valence-corrected chi connectivity index (χ4v) is 1.05. The van der Waals surface area contributed by atoms with Crippen molar-refractivity contribution in [1.29, 1.82) is 0 Å². The molecule has 0 spiro atoms. The molecule has 1 radical (unpaired) electrons. The molecule has 0 saturated heterocycles. The van der Waals surface area contributed by atoms with E-state index in [2.05, 4.69) is 0 Å². The molecule has 1 atom stereocenters. The van der Waals surface area contributed by atoms with Crippen molar-refractivity contribution < 1.29 is 50.6 Å². The molecule has 0 aromatic heterocycles. The first-order chi connectivity index (χ1) is 7.43. The summed E-state index contributed by atoms with van der Waals surface area (Å²) in [5.41, 5.74) is -0.714. The van der Waals surface area contributed by atoms with Gasteiger partial charge in [0, 0.05) is 32.7 Å². The minimum Gasteiger partial charge on any atom is -0.518 e. The maximum Gasteiger partial charge on any atom is 0.416 e. The van der Waals surface area contributed by atoms with Crippen LogP contribution in [0.15, 0.2) is 30.3 Å². The predicted octanol–water partition coefficient (Wildman–Crippen LogP) is 3.71. The Bertz CT molecular complexity index is 363. The summed E-state index contributed by atoms with van der Waals surface area (Å²) in [5.74, 6) is 0.193. The van der Waals surface area contributed by atoms with Crippen molar-refractivity contribution in [2.24, 2.45) is 5.92 Å². The Morgan fingerprint density at radius 1 is 1.41 bits per heavy atom. The van der Waals surface area contributed by atoms with Crippen LogP contribution in [0.5, 0.6) is 5.75 Å². The molecule has 0 aliphatic heterocycles. The quantitative estimate of drug-likeness (QED) is 0.769. The summed E-state index contributed by atoms with van der Waals surface area (Å²) < 4.78 is 42.2. The van der Waals surface area contributed by atoms with Crippen molar-refractivity contribution in [3.63, 3.8) is 0 Å². The molecule has 0 heterocycles. The Kier molecular flexibility index (Phi) is 7.02. The van der Waals surface area contributed by atoms with Gasteiger partial charge < -0.3 is 11.3 Å². The van der Waals surface area contributed by atoms with E-state index in [0.717, 1.165) is 12.1 Å². The van der Waals surface area contributed by atoms with Gasteiger partial charge in [-0.05, 0) is 24.1 Å². The summed E-state index contributed by atoms with van der Waals surface area (Å²) in [5, 5.41) is 0. The second-order valence-corrected chi connectivity index (χ2v) is 3.51. The van der Waals surface area contributed by atoms with Gasteiger partial charge in [-0.2, -0.15) is 13.2 Å². The Hall–Kier alpha value is -0.346. The number of halogens is 3. The molecule has 0 aliphatic rings. The molecular weight excluding hydrogens is 306 g/mol. The molecule has 0 aliphatic carbocycles. The molecule has 91 valence electrons. The van der Waals surface area contributed by atoms with E-state index in [1.54, 1.807) is 0 Å². The second kappa shape index (κ2) is 7.17. The molecule has 17 heavy (non-hydrogen) atoms. The van der Waals surface area contributed by atoms with Crippen LogP contribution in [0, 0.1) is 12.5 Å². The van der Waals surface area contributed by atoms with Gasteiger partial charge in [0.05, 0.1) is 12.2 Å². The van der Waals surface area contributed by atoms with Crippen LogP contribution in [-0.2, 0) is 38.9 Å². The molecule has 0 unspecified atom stereocenters. The monoisotopic (exact) mass is 318 g/mol. The number of hydrogen-bond acceptors (Lipinski definition) is 1. The van der Waals surface area contributed by atoms with Crippen molar-refractivity contribution in [3.8, 4) is 5.75 Å². The minimum atomic E-state index is -4.34. The molecule has 0 N–H and O–H groups in total. The average Bonchev–Trinajstić information content (AvgIpc) is 2.25. The van der Waals surface area contributed by atoms with E-state index in [1.165, 1.54) is 18.2 Å². The summed E-state index contributed by atoms with van der Waals surface area (Å²) >= 11 is 0. The maximum atomic E-state index is 12.4. The minimum absolute atomic E-state index is 0. The van der Waals surface area contributed by atoms with Crippen LogP contribution in [0.2, 0.25) is 0 Å². The van der Waals surface area contributed by atoms with Crippen LogP contribution in [-0.4, -0.2) is 6.61 Å². The Morgan fingerprint density at radius 2 is 2.06 bits per heavy atom. The van der Waals surface area contributed by atoms with E-state index >= 15 is 0 Å². The topological polar surface area (TPSA) is 9.23 Å². The standard InChI is InChI=1S/C12H12F3O.Y/c1-3-9(2)8-16-11-6-4-5-10(7-11)12(13,14)15;/h1,3-7,9H,8H2,2H3;/q-1;/t9-;/m1./s1. The largest absolute Gasteiger partial charge is 0.518 e. The molecule has 0 saturated carbocycles. The molecule has 0 amide bonds. The van der Waals surface area contributed by atoms with Gasteiger partial charge in [0.2, 0.25) is 0 Å². The van der Waals surface area contributed by atoms with Crippen molar-refractivity contribution >= 4 is 0 Å². The zero-order valence-corrected chi connectivity index (χ0v) is 12.2. The predicted molar refractivity (Wildman–Crippen MR) is 55.0 cm³/mol. The van der Waals surface area contributed by atoms with E-state index in [9.17, 15) is 13.2 Å². The van der Waals surface area contributed by atoms with Crippen molar-refractivity contribution in [2.75, 3.05) is 6.61 Å². The van der Waals surface area contributed by atoms with Crippen molar-refractivity contribution in [1.82, 2.24) is 0 Å². The third kappa shape index (κ3) is 5.69. The van der Waals surface area contributed by atoms with Crippen molar-refractivity contribution in [3.05, 3.63) is 42.5 Å². The third-order valence-corrected chi connectivity index (χ3v) is 2.00.